The van der Waals surface area contributed by atoms with Crippen molar-refractivity contribution >= 4 is 57.9 Å². The summed E-state index contributed by atoms with van der Waals surface area (Å²) in [6.45, 7) is 1.99. The fourth-order valence-electron chi connectivity index (χ4n) is 1.60. The first-order valence-electron chi connectivity index (χ1n) is 5.60. The summed E-state index contributed by atoms with van der Waals surface area (Å²) in [5, 5.41) is 1.26. The Morgan fingerprint density at radius 1 is 1.11 bits per heavy atom. The Bertz CT molecular complexity index is 569. The van der Waals surface area contributed by atoms with Crippen molar-refractivity contribution in [2.45, 2.75) is 23.1 Å². The fraction of sp³-hybridized carbons (Fsp3) is 0.231. The zero-order valence-corrected chi connectivity index (χ0v) is 14.0. The highest BCUT2D eigenvalue weighted by Crippen LogP contribution is 2.42. The zero-order valence-electron chi connectivity index (χ0n) is 10.1. The van der Waals surface area contributed by atoms with Gasteiger partial charge in [0.25, 0.3) is 0 Å². The van der Waals surface area contributed by atoms with Gasteiger partial charge in [-0.1, -0.05) is 34.8 Å². The van der Waals surface area contributed by atoms with Crippen LogP contribution in [0.2, 0.25) is 14.4 Å². The molecular weight excluding hydrogens is 341 g/mol. The first-order valence-corrected chi connectivity index (χ1v) is 8.43. The Hall–Kier alpha value is 0.1000. The van der Waals surface area contributed by atoms with Gasteiger partial charge in [-0.25, -0.2) is 0 Å². The van der Waals surface area contributed by atoms with E-state index in [0.29, 0.717) is 10.0 Å². The molecule has 0 saturated heterocycles. The third-order valence-electron chi connectivity index (χ3n) is 2.51. The SMILES string of the molecule is CC(N)C(Sc1ccc(Cl)c(Cl)c1)c1ccc(Cl)s1. The van der Waals surface area contributed by atoms with E-state index in [1.165, 1.54) is 0 Å². The van der Waals surface area contributed by atoms with E-state index in [1.54, 1.807) is 29.2 Å². The van der Waals surface area contributed by atoms with Gasteiger partial charge in [0, 0.05) is 15.8 Å². The number of rotatable bonds is 4. The Morgan fingerprint density at radius 2 is 1.84 bits per heavy atom. The molecule has 102 valence electrons. The summed E-state index contributed by atoms with van der Waals surface area (Å²) in [6, 6.07) is 9.53. The van der Waals surface area contributed by atoms with Crippen LogP contribution < -0.4 is 5.73 Å². The quantitative estimate of drug-likeness (QED) is 0.694. The molecule has 6 heteroatoms. The van der Waals surface area contributed by atoms with Crippen molar-refractivity contribution in [3.05, 3.63) is 49.6 Å². The van der Waals surface area contributed by atoms with Gasteiger partial charge in [0.05, 0.1) is 19.6 Å². The summed E-state index contributed by atoms with van der Waals surface area (Å²) in [7, 11) is 0. The van der Waals surface area contributed by atoms with E-state index in [4.69, 9.17) is 40.5 Å². The van der Waals surface area contributed by atoms with Crippen LogP contribution in [-0.4, -0.2) is 6.04 Å². The second kappa shape index (κ2) is 6.70. The lowest BCUT2D eigenvalue weighted by atomic mass is 10.2. The second-order valence-electron chi connectivity index (χ2n) is 4.12. The summed E-state index contributed by atoms with van der Waals surface area (Å²) >= 11 is 21.2. The zero-order chi connectivity index (χ0) is 14.0. The van der Waals surface area contributed by atoms with E-state index in [-0.39, 0.29) is 11.3 Å². The maximum absolute atomic E-state index is 6.08. The van der Waals surface area contributed by atoms with Gasteiger partial charge < -0.3 is 5.73 Å². The number of hydrogen-bond donors (Lipinski definition) is 1. The minimum atomic E-state index is 0.00849. The predicted octanol–water partition coefficient (Wildman–Crippen LogP) is 5.89. The molecule has 1 aromatic carbocycles. The molecule has 1 aromatic heterocycles. The Balaban J connectivity index is 2.23. The van der Waals surface area contributed by atoms with Crippen molar-refractivity contribution in [2.24, 2.45) is 5.73 Å². The maximum Gasteiger partial charge on any atom is 0.0931 e. The van der Waals surface area contributed by atoms with Crippen LogP contribution in [0.4, 0.5) is 0 Å². The van der Waals surface area contributed by atoms with Crippen LogP contribution in [-0.2, 0) is 0 Å². The summed E-state index contributed by atoms with van der Waals surface area (Å²) < 4.78 is 0.774. The number of thiophene rings is 1. The van der Waals surface area contributed by atoms with Gasteiger partial charge in [0.15, 0.2) is 0 Å². The molecule has 0 radical (unpaired) electrons. The molecule has 0 aliphatic heterocycles. The summed E-state index contributed by atoms with van der Waals surface area (Å²) in [6.07, 6.45) is 0. The normalized spacial score (nSPS) is 14.4. The number of halogens is 3. The molecule has 0 spiro atoms. The monoisotopic (exact) mass is 351 g/mol. The van der Waals surface area contributed by atoms with Crippen molar-refractivity contribution in [1.82, 2.24) is 0 Å². The molecule has 1 heterocycles. The van der Waals surface area contributed by atoms with Gasteiger partial charge in [-0.05, 0) is 37.3 Å². The summed E-state index contributed by atoms with van der Waals surface area (Å²) in [5.74, 6) is 0. The van der Waals surface area contributed by atoms with E-state index < -0.39 is 0 Å². The van der Waals surface area contributed by atoms with Crippen LogP contribution in [0, 0.1) is 0 Å². The molecule has 2 N–H and O–H groups in total. The highest BCUT2D eigenvalue weighted by atomic mass is 35.5. The van der Waals surface area contributed by atoms with Gasteiger partial charge in [-0.3, -0.25) is 0 Å². The molecule has 19 heavy (non-hydrogen) atoms. The largest absolute Gasteiger partial charge is 0.327 e. The van der Waals surface area contributed by atoms with Gasteiger partial charge in [0.2, 0.25) is 0 Å². The van der Waals surface area contributed by atoms with E-state index in [2.05, 4.69) is 0 Å². The van der Waals surface area contributed by atoms with Crippen LogP contribution in [0.5, 0.6) is 0 Å². The molecule has 2 rings (SSSR count). The molecule has 0 amide bonds. The van der Waals surface area contributed by atoms with Gasteiger partial charge in [0.1, 0.15) is 0 Å². The lowest BCUT2D eigenvalue weighted by Gasteiger charge is -2.19. The first-order chi connectivity index (χ1) is 8.97. The molecule has 0 fully saturated rings. The predicted molar refractivity (Wildman–Crippen MR) is 88.0 cm³/mol. The average Bonchev–Trinajstić information content (AvgIpc) is 2.76. The minimum absolute atomic E-state index is 0.00849. The van der Waals surface area contributed by atoms with Crippen LogP contribution in [0.25, 0.3) is 0 Å². The number of hydrogen-bond acceptors (Lipinski definition) is 3. The molecular formula is C13H12Cl3NS2. The Kier molecular flexibility index (Phi) is 5.46. The van der Waals surface area contributed by atoms with Gasteiger partial charge in [-0.2, -0.15) is 0 Å². The lowest BCUT2D eigenvalue weighted by Crippen LogP contribution is -2.21. The molecule has 0 bridgehead atoms. The smallest absolute Gasteiger partial charge is 0.0931 e. The summed E-state index contributed by atoms with van der Waals surface area (Å²) in [4.78, 5) is 2.21. The topological polar surface area (TPSA) is 26.0 Å². The Morgan fingerprint density at radius 3 is 2.37 bits per heavy atom. The van der Waals surface area contributed by atoms with Crippen LogP contribution in [0.15, 0.2) is 35.2 Å². The van der Waals surface area contributed by atoms with Crippen LogP contribution in [0.1, 0.15) is 17.1 Å². The highest BCUT2D eigenvalue weighted by molar-refractivity contribution is 7.99. The standard InChI is InChI=1S/C13H12Cl3NS2/c1-7(17)13(11-4-5-12(16)19-11)18-8-2-3-9(14)10(15)6-8/h2-7,13H,17H2,1H3. The molecule has 2 unspecified atom stereocenters. The lowest BCUT2D eigenvalue weighted by molar-refractivity contribution is 0.730. The van der Waals surface area contributed by atoms with Crippen molar-refractivity contribution in [1.29, 1.82) is 0 Å². The van der Waals surface area contributed by atoms with Crippen molar-refractivity contribution in [3.8, 4) is 0 Å². The second-order valence-corrected chi connectivity index (χ2v) is 7.89. The van der Waals surface area contributed by atoms with Crippen molar-refractivity contribution in [2.75, 3.05) is 0 Å². The van der Waals surface area contributed by atoms with Crippen molar-refractivity contribution < 1.29 is 0 Å². The van der Waals surface area contributed by atoms with E-state index in [1.807, 2.05) is 31.2 Å². The number of benzene rings is 1. The Labute approximate surface area is 136 Å². The number of thioether (sulfide) groups is 1. The number of nitrogens with two attached hydrogens (primary N) is 1. The van der Waals surface area contributed by atoms with Gasteiger partial charge >= 0.3 is 0 Å². The third kappa shape index (κ3) is 4.03. The molecule has 1 nitrogen and oxygen atoms in total. The highest BCUT2D eigenvalue weighted by Gasteiger charge is 2.20. The fourth-order valence-corrected chi connectivity index (χ4v) is 4.45. The van der Waals surface area contributed by atoms with E-state index in [0.717, 1.165) is 14.1 Å². The first kappa shape index (κ1) is 15.5. The third-order valence-corrected chi connectivity index (χ3v) is 6.17. The van der Waals surface area contributed by atoms with E-state index >= 15 is 0 Å². The summed E-state index contributed by atoms with van der Waals surface area (Å²) in [5.41, 5.74) is 6.08. The van der Waals surface area contributed by atoms with Crippen LogP contribution >= 0.6 is 57.9 Å². The maximum atomic E-state index is 6.08. The molecule has 2 aromatic rings. The molecule has 0 aliphatic carbocycles. The van der Waals surface area contributed by atoms with Crippen molar-refractivity contribution in [3.63, 3.8) is 0 Å². The molecule has 0 aliphatic rings. The molecule has 2 atom stereocenters. The molecule has 0 saturated carbocycles. The van der Waals surface area contributed by atoms with Gasteiger partial charge in [-0.15, -0.1) is 23.1 Å². The minimum Gasteiger partial charge on any atom is -0.327 e. The van der Waals surface area contributed by atoms with E-state index in [9.17, 15) is 0 Å². The average molecular weight is 353 g/mol. The van der Waals surface area contributed by atoms with Crippen LogP contribution in [0.3, 0.4) is 0 Å².